The van der Waals surface area contributed by atoms with Crippen LogP contribution >= 0.6 is 22.9 Å². The molecule has 0 spiro atoms. The lowest BCUT2D eigenvalue weighted by molar-refractivity contribution is -0.384. The number of aromatic nitrogens is 1. The number of thiazole rings is 1. The Labute approximate surface area is 250 Å². The van der Waals surface area contributed by atoms with Gasteiger partial charge in [0.1, 0.15) is 16.1 Å². The molecule has 1 aromatic heterocycles. The second kappa shape index (κ2) is 11.3. The molecule has 3 amide bonds. The molecule has 11 heteroatoms. The number of carbonyl (C=O) groups is 3. The van der Waals surface area contributed by atoms with E-state index in [0.29, 0.717) is 18.5 Å². The summed E-state index contributed by atoms with van der Waals surface area (Å²) in [4.78, 5) is 59.2. The minimum Gasteiger partial charge on any atom is -0.323 e. The number of aryl methyl sites for hydroxylation is 1. The van der Waals surface area contributed by atoms with E-state index >= 15 is 0 Å². The molecule has 1 unspecified atom stereocenters. The Morgan fingerprint density at radius 2 is 1.79 bits per heavy atom. The Morgan fingerprint density at radius 3 is 2.50 bits per heavy atom. The summed E-state index contributed by atoms with van der Waals surface area (Å²) in [7, 11) is 0. The molecule has 2 fully saturated rings. The zero-order valence-corrected chi connectivity index (χ0v) is 24.4. The molecule has 214 valence electrons. The van der Waals surface area contributed by atoms with Crippen LogP contribution in [-0.4, -0.2) is 44.6 Å². The first-order chi connectivity index (χ1) is 20.2. The first kappa shape index (κ1) is 28.0. The maximum atomic E-state index is 13.9. The summed E-state index contributed by atoms with van der Waals surface area (Å²) >= 11 is 7.56. The van der Waals surface area contributed by atoms with Gasteiger partial charge in [0.05, 0.1) is 27.2 Å². The molecule has 4 aromatic rings. The van der Waals surface area contributed by atoms with Crippen molar-refractivity contribution in [1.29, 1.82) is 0 Å². The van der Waals surface area contributed by atoms with E-state index < -0.39 is 28.7 Å². The Balaban J connectivity index is 1.29. The number of imide groups is 1. The molecule has 6 rings (SSSR count). The summed E-state index contributed by atoms with van der Waals surface area (Å²) in [5.74, 6) is -1.40. The Kier molecular flexibility index (Phi) is 7.51. The fraction of sp³-hybridized carbons (Fsp3) is 0.290. The summed E-state index contributed by atoms with van der Waals surface area (Å²) in [6.45, 7) is 2.03. The van der Waals surface area contributed by atoms with Crippen LogP contribution in [0, 0.1) is 17.0 Å². The Bertz CT molecular complexity index is 1730. The highest BCUT2D eigenvalue weighted by Gasteiger charge is 2.47. The smallest absolute Gasteiger partial charge is 0.288 e. The number of nitrogens with zero attached hydrogens (tertiary/aromatic N) is 4. The minimum atomic E-state index is -1.00. The molecule has 9 nitrogen and oxygen atoms in total. The number of carbonyl (C=O) groups excluding carboxylic acids is 3. The van der Waals surface area contributed by atoms with Crippen molar-refractivity contribution < 1.29 is 19.3 Å². The molecule has 0 N–H and O–H groups in total. The van der Waals surface area contributed by atoms with Crippen molar-refractivity contribution in [3.05, 3.63) is 86.9 Å². The number of hydrogen-bond donors (Lipinski definition) is 0. The van der Waals surface area contributed by atoms with Crippen LogP contribution < -0.4 is 4.90 Å². The molecule has 0 radical (unpaired) electrons. The predicted octanol–water partition coefficient (Wildman–Crippen LogP) is 6.94. The van der Waals surface area contributed by atoms with Gasteiger partial charge in [0.2, 0.25) is 5.91 Å². The Hall–Kier alpha value is -4.15. The van der Waals surface area contributed by atoms with Crippen molar-refractivity contribution in [2.45, 2.75) is 57.5 Å². The predicted molar refractivity (Wildman–Crippen MR) is 162 cm³/mol. The van der Waals surface area contributed by atoms with Crippen LogP contribution in [0.15, 0.2) is 60.7 Å². The second-order valence-electron chi connectivity index (χ2n) is 10.8. The number of rotatable bonds is 6. The van der Waals surface area contributed by atoms with Crippen LogP contribution in [0.5, 0.6) is 0 Å². The van der Waals surface area contributed by atoms with Crippen molar-refractivity contribution in [1.82, 2.24) is 9.88 Å². The molecule has 1 aliphatic carbocycles. The Morgan fingerprint density at radius 1 is 1.05 bits per heavy atom. The zero-order chi connectivity index (χ0) is 29.5. The third-order valence-electron chi connectivity index (χ3n) is 7.97. The van der Waals surface area contributed by atoms with Crippen LogP contribution in [0.2, 0.25) is 5.02 Å². The first-order valence-corrected chi connectivity index (χ1v) is 15.0. The molecule has 1 atom stereocenters. The SMILES string of the molecule is Cc1ccc2nc(-c3ccc(N4C(=O)CC(N(C(=O)c5ccc(Cl)c([N+](=O)[O-])c5)C5CCCCC5)C4=O)cc3)sc2c1. The van der Waals surface area contributed by atoms with Crippen molar-refractivity contribution in [2.75, 3.05) is 4.90 Å². The molecule has 2 heterocycles. The average Bonchev–Trinajstić information content (AvgIpc) is 3.53. The number of halogens is 1. The van der Waals surface area contributed by atoms with Gasteiger partial charge in [-0.15, -0.1) is 11.3 Å². The summed E-state index contributed by atoms with van der Waals surface area (Å²) < 4.78 is 1.08. The number of hydrogen-bond acceptors (Lipinski definition) is 7. The number of amides is 3. The standard InChI is InChI=1S/C31H27ClN4O5S/c1-18-7-14-24-27(15-18)42-29(33-24)19-8-11-22(12-9-19)35-28(37)17-26(31(35)39)34(21-5-3-2-4-6-21)30(38)20-10-13-23(32)25(16-20)36(40)41/h7-16,21,26H,2-6,17H2,1H3. The molecular formula is C31H27ClN4O5S. The van der Waals surface area contributed by atoms with Gasteiger partial charge in [-0.1, -0.05) is 36.9 Å². The van der Waals surface area contributed by atoms with Crippen molar-refractivity contribution in [3.63, 3.8) is 0 Å². The lowest BCUT2D eigenvalue weighted by Crippen LogP contribution is -2.51. The largest absolute Gasteiger partial charge is 0.323 e. The third-order valence-corrected chi connectivity index (χ3v) is 9.35. The molecule has 1 saturated heterocycles. The van der Waals surface area contributed by atoms with Gasteiger partial charge in [-0.2, -0.15) is 0 Å². The summed E-state index contributed by atoms with van der Waals surface area (Å²) in [6.07, 6.45) is 4.03. The van der Waals surface area contributed by atoms with E-state index in [1.807, 2.05) is 31.2 Å². The van der Waals surface area contributed by atoms with Crippen LogP contribution in [-0.2, 0) is 9.59 Å². The van der Waals surface area contributed by atoms with Crippen LogP contribution in [0.3, 0.4) is 0 Å². The van der Waals surface area contributed by atoms with E-state index in [4.69, 9.17) is 16.6 Å². The lowest BCUT2D eigenvalue weighted by Gasteiger charge is -2.37. The second-order valence-corrected chi connectivity index (χ2v) is 12.2. The first-order valence-electron chi connectivity index (χ1n) is 13.8. The third kappa shape index (κ3) is 5.16. The van der Waals surface area contributed by atoms with Gasteiger partial charge in [-0.05, 0) is 73.9 Å². The highest BCUT2D eigenvalue weighted by molar-refractivity contribution is 7.21. The number of nitro benzene ring substituents is 1. The highest BCUT2D eigenvalue weighted by atomic mass is 35.5. The average molecular weight is 603 g/mol. The number of nitro groups is 1. The monoisotopic (exact) mass is 602 g/mol. The van der Waals surface area contributed by atoms with Gasteiger partial charge < -0.3 is 4.90 Å². The van der Waals surface area contributed by atoms with Crippen LogP contribution in [0.1, 0.15) is 54.4 Å². The van der Waals surface area contributed by atoms with Crippen LogP contribution in [0.25, 0.3) is 20.8 Å². The maximum Gasteiger partial charge on any atom is 0.288 e. The maximum absolute atomic E-state index is 13.9. The van der Waals surface area contributed by atoms with Gasteiger partial charge in [-0.3, -0.25) is 24.5 Å². The van der Waals surface area contributed by atoms with E-state index in [1.165, 1.54) is 17.0 Å². The number of anilines is 1. The van der Waals surface area contributed by atoms with Crippen molar-refractivity contribution >= 4 is 62.3 Å². The molecular weight excluding hydrogens is 576 g/mol. The van der Waals surface area contributed by atoms with Gasteiger partial charge in [0.25, 0.3) is 17.5 Å². The van der Waals surface area contributed by atoms with Crippen molar-refractivity contribution in [3.8, 4) is 10.6 Å². The summed E-state index contributed by atoms with van der Waals surface area (Å²) in [6, 6.07) is 15.8. The van der Waals surface area contributed by atoms with E-state index in [2.05, 4.69) is 6.07 Å². The molecule has 1 aliphatic heterocycles. The van der Waals surface area contributed by atoms with Crippen molar-refractivity contribution in [2.24, 2.45) is 0 Å². The minimum absolute atomic E-state index is 0.0609. The van der Waals surface area contributed by atoms with Crippen LogP contribution in [0.4, 0.5) is 11.4 Å². The van der Waals surface area contributed by atoms with E-state index in [1.54, 1.807) is 23.5 Å². The van der Waals surface area contributed by atoms with E-state index in [0.717, 1.165) is 56.6 Å². The molecule has 3 aromatic carbocycles. The summed E-state index contributed by atoms with van der Waals surface area (Å²) in [5, 5.41) is 12.2. The highest BCUT2D eigenvalue weighted by Crippen LogP contribution is 2.36. The molecule has 1 saturated carbocycles. The molecule has 0 bridgehead atoms. The van der Waals surface area contributed by atoms with Gasteiger partial charge in [0.15, 0.2) is 0 Å². The van der Waals surface area contributed by atoms with E-state index in [9.17, 15) is 24.5 Å². The lowest BCUT2D eigenvalue weighted by atomic mass is 9.92. The zero-order valence-electron chi connectivity index (χ0n) is 22.8. The van der Waals surface area contributed by atoms with Gasteiger partial charge in [-0.25, -0.2) is 9.88 Å². The fourth-order valence-electron chi connectivity index (χ4n) is 5.87. The molecule has 42 heavy (non-hydrogen) atoms. The van der Waals surface area contributed by atoms with Gasteiger partial charge in [0, 0.05) is 23.2 Å². The number of benzene rings is 3. The normalized spacial score (nSPS) is 17.7. The molecule has 2 aliphatic rings. The van der Waals surface area contributed by atoms with E-state index in [-0.39, 0.29) is 28.7 Å². The fourth-order valence-corrected chi connectivity index (χ4v) is 7.12. The quantitative estimate of drug-likeness (QED) is 0.134. The topological polar surface area (TPSA) is 114 Å². The van der Waals surface area contributed by atoms with Gasteiger partial charge >= 0.3 is 0 Å². The number of fused-ring (bicyclic) bond motifs is 1. The summed E-state index contributed by atoms with van der Waals surface area (Å²) in [5.41, 5.74) is 3.04.